The number of fused-ring (bicyclic) bond motifs is 1. The molecule has 0 saturated carbocycles. The van der Waals surface area contributed by atoms with Crippen LogP contribution in [0.1, 0.15) is 17.4 Å². The van der Waals surface area contributed by atoms with Crippen molar-refractivity contribution in [3.8, 4) is 17.1 Å². The van der Waals surface area contributed by atoms with Gasteiger partial charge in [-0.3, -0.25) is 24.2 Å². The summed E-state index contributed by atoms with van der Waals surface area (Å²) in [6.07, 6.45) is 3.00. The number of methoxy groups -OCH3 is 1. The number of nitrogens with zero attached hydrogens (tertiary/aromatic N) is 7. The Hall–Kier alpha value is -4.20. The number of aromatic nitrogens is 6. The van der Waals surface area contributed by atoms with Gasteiger partial charge in [0.1, 0.15) is 30.3 Å². The molecule has 1 amide bonds. The summed E-state index contributed by atoms with van der Waals surface area (Å²) in [5.41, 5.74) is 3.41. The van der Waals surface area contributed by atoms with Crippen LogP contribution in [0.4, 0.5) is 5.82 Å². The highest BCUT2D eigenvalue weighted by molar-refractivity contribution is 5.85. The van der Waals surface area contributed by atoms with Gasteiger partial charge in [-0.25, -0.2) is 15.0 Å². The van der Waals surface area contributed by atoms with Gasteiger partial charge in [0, 0.05) is 18.0 Å². The van der Waals surface area contributed by atoms with Crippen molar-refractivity contribution in [2.24, 2.45) is 0 Å². The van der Waals surface area contributed by atoms with Crippen LogP contribution in [0.15, 0.2) is 43.1 Å². The summed E-state index contributed by atoms with van der Waals surface area (Å²) in [5, 5.41) is 27.3. The van der Waals surface area contributed by atoms with Gasteiger partial charge in [-0.05, 0) is 37.7 Å². The predicted octanol–water partition coefficient (Wildman–Crippen LogP) is 0.450. The Balaban J connectivity index is 1.61. The molecule has 0 aliphatic carbocycles. The second-order valence-corrected chi connectivity index (χ2v) is 8.80. The maximum absolute atomic E-state index is 11.1. The van der Waals surface area contributed by atoms with Gasteiger partial charge >= 0.3 is 0 Å². The summed E-state index contributed by atoms with van der Waals surface area (Å²) in [6.45, 7) is 2.39. The predicted molar refractivity (Wildman–Crippen MR) is 133 cm³/mol. The average molecular weight is 506 g/mol. The van der Waals surface area contributed by atoms with Crippen molar-refractivity contribution in [2.45, 2.75) is 38.0 Å². The van der Waals surface area contributed by atoms with E-state index in [0.717, 1.165) is 11.3 Å². The largest absolute Gasteiger partial charge is 0.495 e. The van der Waals surface area contributed by atoms with Crippen LogP contribution >= 0.6 is 0 Å². The standard InChI is InChI=1S/C24H27N9O4/c1-13-4-5-26-15(6-13)9-27-21-17-22(31-20(30-21)14-7-16(37-3)10-25-8-14)33(11-28-17)24-19(36)18(35)23(29-12-34)32(24)2/h4-8,10-12,18-19,23-24,35-36H,9H2,1-3H3,(H,29,34)(H,27,30,31)/t18-,19+,23-,24?/m0/s1. The molecule has 0 spiro atoms. The summed E-state index contributed by atoms with van der Waals surface area (Å²) < 4.78 is 6.97. The van der Waals surface area contributed by atoms with E-state index in [4.69, 9.17) is 14.7 Å². The van der Waals surface area contributed by atoms with E-state index in [0.29, 0.717) is 47.1 Å². The van der Waals surface area contributed by atoms with E-state index in [1.54, 1.807) is 48.3 Å². The Morgan fingerprint density at radius 3 is 2.76 bits per heavy atom. The van der Waals surface area contributed by atoms with Crippen LogP contribution in [-0.4, -0.2) is 83.5 Å². The molecular formula is C24H27N9O4. The Morgan fingerprint density at radius 1 is 1.16 bits per heavy atom. The summed E-state index contributed by atoms with van der Waals surface area (Å²) in [7, 11) is 3.24. The third kappa shape index (κ3) is 4.55. The molecule has 13 heteroatoms. The number of aryl methyl sites for hydroxylation is 1. The Labute approximate surface area is 212 Å². The summed E-state index contributed by atoms with van der Waals surface area (Å²) in [5.74, 6) is 1.37. The first-order valence-electron chi connectivity index (χ1n) is 11.6. The Bertz CT molecular complexity index is 1430. The Kier molecular flexibility index (Phi) is 6.65. The van der Waals surface area contributed by atoms with E-state index in [9.17, 15) is 15.0 Å². The van der Waals surface area contributed by atoms with Gasteiger partial charge in [0.25, 0.3) is 0 Å². The Morgan fingerprint density at radius 2 is 2.00 bits per heavy atom. The number of carbonyl (C=O) groups excluding carboxylic acids is 1. The molecular weight excluding hydrogens is 478 g/mol. The first-order chi connectivity index (χ1) is 17.9. The minimum atomic E-state index is -1.22. The molecule has 4 aromatic rings. The number of rotatable bonds is 8. The zero-order chi connectivity index (χ0) is 26.1. The van der Waals surface area contributed by atoms with Gasteiger partial charge in [0.15, 0.2) is 22.8 Å². The van der Waals surface area contributed by atoms with Gasteiger partial charge in [-0.2, -0.15) is 0 Å². The highest BCUT2D eigenvalue weighted by Gasteiger charge is 2.47. The fourth-order valence-electron chi connectivity index (χ4n) is 4.54. The molecule has 0 radical (unpaired) electrons. The molecule has 192 valence electrons. The van der Waals surface area contributed by atoms with Crippen molar-refractivity contribution < 1.29 is 19.7 Å². The zero-order valence-corrected chi connectivity index (χ0v) is 20.5. The van der Waals surface area contributed by atoms with Crippen molar-refractivity contribution in [2.75, 3.05) is 19.5 Å². The van der Waals surface area contributed by atoms with E-state index in [1.807, 2.05) is 19.1 Å². The number of anilines is 1. The summed E-state index contributed by atoms with van der Waals surface area (Å²) in [6, 6.07) is 5.67. The fourth-order valence-corrected chi connectivity index (χ4v) is 4.54. The quantitative estimate of drug-likeness (QED) is 0.246. The number of pyridine rings is 2. The number of imidazole rings is 1. The van der Waals surface area contributed by atoms with Gasteiger partial charge in [0.05, 0.1) is 31.9 Å². The van der Waals surface area contributed by atoms with Crippen LogP contribution in [0.3, 0.4) is 0 Å². The maximum Gasteiger partial charge on any atom is 0.208 e. The number of aliphatic hydroxyl groups is 2. The van der Waals surface area contributed by atoms with Gasteiger partial charge in [-0.15, -0.1) is 0 Å². The monoisotopic (exact) mass is 505 g/mol. The number of aliphatic hydroxyl groups excluding tert-OH is 2. The lowest BCUT2D eigenvalue weighted by atomic mass is 10.2. The van der Waals surface area contributed by atoms with Gasteiger partial charge in [0.2, 0.25) is 6.41 Å². The topological polar surface area (TPSA) is 163 Å². The van der Waals surface area contributed by atoms with E-state index in [-0.39, 0.29) is 0 Å². The molecule has 1 saturated heterocycles. The first kappa shape index (κ1) is 24.5. The third-order valence-electron chi connectivity index (χ3n) is 6.40. The SMILES string of the molecule is COc1cncc(-c2nc(NCc3cc(C)ccn3)c3ncn(C4[C@H](O)[C@H](O)[C@@H](NC=O)N4C)c3n2)c1. The van der Waals surface area contributed by atoms with Crippen molar-refractivity contribution >= 4 is 23.4 Å². The van der Waals surface area contributed by atoms with E-state index in [1.165, 1.54) is 6.33 Å². The molecule has 1 aliphatic rings. The van der Waals surface area contributed by atoms with E-state index >= 15 is 0 Å². The number of likely N-dealkylation sites (N-methyl/N-ethyl adjacent to an activating group) is 1. The summed E-state index contributed by atoms with van der Waals surface area (Å²) in [4.78, 5) is 35.3. The summed E-state index contributed by atoms with van der Waals surface area (Å²) >= 11 is 0. The van der Waals surface area contributed by atoms with E-state index < -0.39 is 24.5 Å². The fraction of sp³-hybridized carbons (Fsp3) is 0.333. The lowest BCUT2D eigenvalue weighted by Crippen LogP contribution is -2.45. The van der Waals surface area contributed by atoms with Gasteiger partial charge in [-0.1, -0.05) is 0 Å². The molecule has 1 aliphatic heterocycles. The van der Waals surface area contributed by atoms with Crippen molar-refractivity contribution in [1.29, 1.82) is 0 Å². The molecule has 0 aromatic carbocycles. The first-order valence-corrected chi connectivity index (χ1v) is 11.6. The van der Waals surface area contributed by atoms with Crippen LogP contribution in [-0.2, 0) is 11.3 Å². The number of hydrogen-bond donors (Lipinski definition) is 4. The third-order valence-corrected chi connectivity index (χ3v) is 6.40. The second kappa shape index (κ2) is 10.0. The molecule has 4 N–H and O–H groups in total. The lowest BCUT2D eigenvalue weighted by Gasteiger charge is -2.26. The number of amides is 1. The van der Waals surface area contributed by atoms with Crippen LogP contribution in [0.5, 0.6) is 5.75 Å². The number of likely N-dealkylation sites (tertiary alicyclic amines) is 1. The molecule has 5 heterocycles. The molecule has 1 fully saturated rings. The van der Waals surface area contributed by atoms with Crippen LogP contribution in [0.2, 0.25) is 0 Å². The zero-order valence-electron chi connectivity index (χ0n) is 20.5. The second-order valence-electron chi connectivity index (χ2n) is 8.80. The number of carbonyl (C=O) groups is 1. The molecule has 5 rings (SSSR count). The van der Waals surface area contributed by atoms with Crippen LogP contribution in [0, 0.1) is 6.92 Å². The maximum atomic E-state index is 11.1. The minimum absolute atomic E-state index is 0.360. The van der Waals surface area contributed by atoms with Crippen molar-refractivity contribution in [3.05, 3.63) is 54.4 Å². The number of ether oxygens (including phenoxy) is 1. The highest BCUT2D eigenvalue weighted by atomic mass is 16.5. The van der Waals surface area contributed by atoms with Crippen LogP contribution < -0.4 is 15.4 Å². The lowest BCUT2D eigenvalue weighted by molar-refractivity contribution is -0.112. The number of nitrogens with one attached hydrogen (secondary N) is 2. The molecule has 1 unspecified atom stereocenters. The van der Waals surface area contributed by atoms with Crippen molar-refractivity contribution in [1.82, 2.24) is 39.7 Å². The smallest absolute Gasteiger partial charge is 0.208 e. The molecule has 0 bridgehead atoms. The average Bonchev–Trinajstić information content (AvgIpc) is 3.41. The molecule has 37 heavy (non-hydrogen) atoms. The van der Waals surface area contributed by atoms with Crippen LogP contribution in [0.25, 0.3) is 22.6 Å². The normalized spacial score (nSPS) is 21.8. The van der Waals surface area contributed by atoms with E-state index in [2.05, 4.69) is 25.6 Å². The van der Waals surface area contributed by atoms with Crippen molar-refractivity contribution in [3.63, 3.8) is 0 Å². The highest BCUT2D eigenvalue weighted by Crippen LogP contribution is 2.34. The minimum Gasteiger partial charge on any atom is -0.495 e. The molecule has 4 aromatic heterocycles. The molecule has 13 nitrogen and oxygen atoms in total. The number of hydrogen-bond acceptors (Lipinski definition) is 11. The van der Waals surface area contributed by atoms with Gasteiger partial charge < -0.3 is 25.6 Å². The molecule has 4 atom stereocenters.